The van der Waals surface area contributed by atoms with Crippen LogP contribution in [-0.2, 0) is 9.59 Å². The van der Waals surface area contributed by atoms with E-state index in [9.17, 15) is 9.59 Å². The Balaban J connectivity index is 1.93. The summed E-state index contributed by atoms with van der Waals surface area (Å²) in [6, 6.07) is 0. The number of carbonyl (C=O) groups is 2. The van der Waals surface area contributed by atoms with E-state index in [-0.39, 0.29) is 0 Å². The van der Waals surface area contributed by atoms with Crippen molar-refractivity contribution in [3.05, 3.63) is 0 Å². The van der Waals surface area contributed by atoms with Crippen molar-refractivity contribution in [2.24, 2.45) is 22.7 Å². The second-order valence-electron chi connectivity index (χ2n) is 3.89. The van der Waals surface area contributed by atoms with E-state index < -0.39 is 11.8 Å². The molecule has 0 bridgehead atoms. The van der Waals surface area contributed by atoms with Gasteiger partial charge in [0.05, 0.1) is 0 Å². The molecular formula is C9H13N3O2. The Kier molecular flexibility index (Phi) is 2.23. The number of rotatable bonds is 3. The van der Waals surface area contributed by atoms with Crippen molar-refractivity contribution in [1.29, 1.82) is 0 Å². The topological polar surface area (TPSA) is 84.5 Å². The number of amides is 2. The van der Waals surface area contributed by atoms with Gasteiger partial charge in [0.1, 0.15) is 0 Å². The van der Waals surface area contributed by atoms with Gasteiger partial charge in [-0.15, -0.1) is 0 Å². The first kappa shape index (κ1) is 9.18. The molecule has 0 radical (unpaired) electrons. The van der Waals surface area contributed by atoms with Crippen LogP contribution in [0.4, 0.5) is 0 Å². The van der Waals surface area contributed by atoms with Gasteiger partial charge in [-0.1, -0.05) is 0 Å². The molecule has 0 spiro atoms. The molecule has 0 aromatic rings. The average Bonchev–Trinajstić information content (AvgIpc) is 2.99. The Labute approximate surface area is 81.7 Å². The number of primary amides is 1. The highest BCUT2D eigenvalue weighted by Gasteiger charge is 2.38. The van der Waals surface area contributed by atoms with Gasteiger partial charge >= 0.3 is 11.8 Å². The predicted octanol–water partition coefficient (Wildman–Crippen LogP) is -0.236. The third-order valence-electron chi connectivity index (χ3n) is 2.50. The molecule has 2 amide bonds. The fraction of sp³-hybridized carbons (Fsp3) is 0.667. The van der Waals surface area contributed by atoms with Crippen molar-refractivity contribution in [3.8, 4) is 0 Å². The van der Waals surface area contributed by atoms with Crippen LogP contribution in [0.15, 0.2) is 5.10 Å². The molecule has 2 saturated carbocycles. The molecule has 14 heavy (non-hydrogen) atoms. The van der Waals surface area contributed by atoms with Crippen molar-refractivity contribution >= 4 is 17.5 Å². The standard InChI is InChI=1S/C9H13N3O2/c10-8(13)9(14)12-11-7(5-1-2-5)6-3-4-6/h5-6H,1-4H2,(H2,10,13)(H,12,14). The van der Waals surface area contributed by atoms with Crippen LogP contribution < -0.4 is 11.2 Å². The first-order chi connectivity index (χ1) is 6.68. The lowest BCUT2D eigenvalue weighted by Gasteiger charge is -2.01. The van der Waals surface area contributed by atoms with Gasteiger partial charge < -0.3 is 5.73 Å². The van der Waals surface area contributed by atoms with E-state index in [2.05, 4.69) is 10.5 Å². The van der Waals surface area contributed by atoms with Gasteiger partial charge in [-0.3, -0.25) is 9.59 Å². The lowest BCUT2D eigenvalue weighted by molar-refractivity contribution is -0.137. The molecule has 0 heterocycles. The third-order valence-corrected chi connectivity index (χ3v) is 2.50. The zero-order chi connectivity index (χ0) is 10.1. The monoisotopic (exact) mass is 195 g/mol. The minimum absolute atomic E-state index is 0.538. The smallest absolute Gasteiger partial charge is 0.329 e. The van der Waals surface area contributed by atoms with Crippen molar-refractivity contribution < 1.29 is 9.59 Å². The number of nitrogens with two attached hydrogens (primary N) is 1. The van der Waals surface area contributed by atoms with Gasteiger partial charge in [-0.2, -0.15) is 5.10 Å². The zero-order valence-corrected chi connectivity index (χ0v) is 7.82. The van der Waals surface area contributed by atoms with Gasteiger partial charge in [0.15, 0.2) is 0 Å². The molecule has 2 aliphatic rings. The van der Waals surface area contributed by atoms with Crippen molar-refractivity contribution in [2.45, 2.75) is 25.7 Å². The minimum Gasteiger partial charge on any atom is -0.361 e. The van der Waals surface area contributed by atoms with E-state index in [4.69, 9.17) is 5.73 Å². The third kappa shape index (κ3) is 2.10. The van der Waals surface area contributed by atoms with E-state index in [1.807, 2.05) is 0 Å². The largest absolute Gasteiger partial charge is 0.361 e. The Hall–Kier alpha value is -1.39. The highest BCUT2D eigenvalue weighted by atomic mass is 16.2. The molecule has 0 aromatic carbocycles. The van der Waals surface area contributed by atoms with E-state index in [0.29, 0.717) is 11.8 Å². The maximum Gasteiger partial charge on any atom is 0.329 e. The van der Waals surface area contributed by atoms with Gasteiger partial charge in [0.25, 0.3) is 0 Å². The number of hydrogen-bond donors (Lipinski definition) is 2. The van der Waals surface area contributed by atoms with Crippen molar-refractivity contribution in [3.63, 3.8) is 0 Å². The van der Waals surface area contributed by atoms with Crippen LogP contribution in [0.5, 0.6) is 0 Å². The zero-order valence-electron chi connectivity index (χ0n) is 7.82. The SMILES string of the molecule is NC(=O)C(=O)NN=C(C1CC1)C1CC1. The van der Waals surface area contributed by atoms with Gasteiger partial charge in [-0.05, 0) is 37.5 Å². The molecule has 5 nitrogen and oxygen atoms in total. The van der Waals surface area contributed by atoms with Crippen LogP contribution in [-0.4, -0.2) is 17.5 Å². The lowest BCUT2D eigenvalue weighted by atomic mass is 10.2. The number of hydrogen-bond acceptors (Lipinski definition) is 3. The molecule has 76 valence electrons. The maximum absolute atomic E-state index is 10.8. The van der Waals surface area contributed by atoms with Crippen LogP contribution in [0.2, 0.25) is 0 Å². The summed E-state index contributed by atoms with van der Waals surface area (Å²) in [5.74, 6) is -0.741. The van der Waals surface area contributed by atoms with Crippen LogP contribution in [0.3, 0.4) is 0 Å². The van der Waals surface area contributed by atoms with Crippen LogP contribution in [0.1, 0.15) is 25.7 Å². The summed E-state index contributed by atoms with van der Waals surface area (Å²) < 4.78 is 0. The maximum atomic E-state index is 10.8. The second-order valence-corrected chi connectivity index (χ2v) is 3.89. The Morgan fingerprint density at radius 3 is 2.00 bits per heavy atom. The van der Waals surface area contributed by atoms with Gasteiger partial charge in [0, 0.05) is 5.71 Å². The summed E-state index contributed by atoms with van der Waals surface area (Å²) in [5.41, 5.74) is 8.04. The first-order valence-corrected chi connectivity index (χ1v) is 4.85. The molecule has 5 heteroatoms. The summed E-state index contributed by atoms with van der Waals surface area (Å²) in [7, 11) is 0. The molecule has 0 aliphatic heterocycles. The normalized spacial score (nSPS) is 20.0. The van der Waals surface area contributed by atoms with Gasteiger partial charge in [-0.25, -0.2) is 5.43 Å². The summed E-state index contributed by atoms with van der Waals surface area (Å²) in [4.78, 5) is 21.3. The van der Waals surface area contributed by atoms with Crippen LogP contribution in [0, 0.1) is 11.8 Å². The number of hydrazone groups is 1. The second kappa shape index (κ2) is 3.40. The summed E-state index contributed by atoms with van der Waals surface area (Å²) in [6.45, 7) is 0. The summed E-state index contributed by atoms with van der Waals surface area (Å²) in [5, 5.41) is 3.99. The molecule has 2 rings (SSSR count). The van der Waals surface area contributed by atoms with Crippen molar-refractivity contribution in [2.75, 3.05) is 0 Å². The Morgan fingerprint density at radius 2 is 1.64 bits per heavy atom. The highest BCUT2D eigenvalue weighted by Crippen LogP contribution is 2.41. The molecular weight excluding hydrogens is 182 g/mol. The van der Waals surface area contributed by atoms with E-state index >= 15 is 0 Å². The molecule has 0 saturated heterocycles. The molecule has 3 N–H and O–H groups in total. The minimum atomic E-state index is -0.986. The fourth-order valence-corrected chi connectivity index (χ4v) is 1.44. The Bertz CT molecular complexity index is 289. The molecule has 0 unspecified atom stereocenters. The predicted molar refractivity (Wildman–Crippen MR) is 50.2 cm³/mol. The quantitative estimate of drug-likeness (QED) is 0.370. The van der Waals surface area contributed by atoms with E-state index in [0.717, 1.165) is 31.4 Å². The van der Waals surface area contributed by atoms with Gasteiger partial charge in [0.2, 0.25) is 0 Å². The van der Waals surface area contributed by atoms with Crippen molar-refractivity contribution in [1.82, 2.24) is 5.43 Å². The summed E-state index contributed by atoms with van der Waals surface area (Å²) in [6.07, 6.45) is 4.62. The fourth-order valence-electron chi connectivity index (χ4n) is 1.44. The molecule has 2 aliphatic carbocycles. The molecule has 2 fully saturated rings. The Morgan fingerprint density at radius 1 is 1.14 bits per heavy atom. The lowest BCUT2D eigenvalue weighted by Crippen LogP contribution is -2.33. The van der Waals surface area contributed by atoms with E-state index in [1.54, 1.807) is 0 Å². The number of nitrogens with one attached hydrogen (secondary N) is 1. The summed E-state index contributed by atoms with van der Waals surface area (Å²) >= 11 is 0. The number of carbonyl (C=O) groups excluding carboxylic acids is 2. The van der Waals surface area contributed by atoms with E-state index in [1.165, 1.54) is 0 Å². The molecule has 0 atom stereocenters. The first-order valence-electron chi connectivity index (χ1n) is 4.85. The van der Waals surface area contributed by atoms with Crippen LogP contribution in [0.25, 0.3) is 0 Å². The van der Waals surface area contributed by atoms with Crippen LogP contribution >= 0.6 is 0 Å². The average molecular weight is 195 g/mol. The molecule has 0 aromatic heterocycles. The number of nitrogens with zero attached hydrogens (tertiary/aromatic N) is 1. The highest BCUT2D eigenvalue weighted by molar-refractivity contribution is 6.34.